The van der Waals surface area contributed by atoms with Gasteiger partial charge in [0, 0.05) is 13.1 Å². The molecule has 0 spiro atoms. The average Bonchev–Trinajstić information content (AvgIpc) is 2.75. The Morgan fingerprint density at radius 3 is 2.36 bits per heavy atom. The number of carbonyl (C=O) groups is 4. The van der Waals surface area contributed by atoms with E-state index in [1.54, 1.807) is 52.1 Å². The lowest BCUT2D eigenvalue weighted by Gasteiger charge is -2.38. The van der Waals surface area contributed by atoms with Crippen LogP contribution in [0.4, 0.5) is 0 Å². The van der Waals surface area contributed by atoms with Crippen LogP contribution in [0.5, 0.6) is 5.75 Å². The molecule has 1 aliphatic heterocycles. The number of hydrogen-bond acceptors (Lipinski definition) is 9. The Bertz CT molecular complexity index is 864. The number of nitrogens with zero attached hydrogens (tertiary/aromatic N) is 1. The maximum Gasteiger partial charge on any atom is 0.337 e. The number of nitrogens with two attached hydrogens (primary N) is 1. The van der Waals surface area contributed by atoms with Crippen LogP contribution < -0.4 is 15.8 Å². The van der Waals surface area contributed by atoms with Crippen molar-refractivity contribution in [1.29, 1.82) is 0 Å². The van der Waals surface area contributed by atoms with Gasteiger partial charge in [0.25, 0.3) is 0 Å². The highest BCUT2D eigenvalue weighted by atomic mass is 16.6. The SMILES string of the molecule is COC(=O)CC1NCCN(C(C(=O)OC(C)(C)C)C(=O)[C@@H](N)Cc2ccc(OC)cc2)C1=O. The third kappa shape index (κ3) is 7.26. The largest absolute Gasteiger partial charge is 0.497 e. The summed E-state index contributed by atoms with van der Waals surface area (Å²) in [5, 5.41) is 2.93. The van der Waals surface area contributed by atoms with Gasteiger partial charge in [-0.3, -0.25) is 14.4 Å². The molecule has 1 amide bonds. The molecular weight excluding hydrogens is 430 g/mol. The third-order valence-electron chi connectivity index (χ3n) is 5.11. The minimum absolute atomic E-state index is 0.0847. The number of ketones is 1. The van der Waals surface area contributed by atoms with E-state index in [4.69, 9.17) is 15.2 Å². The van der Waals surface area contributed by atoms with Gasteiger partial charge in [-0.1, -0.05) is 12.1 Å². The molecule has 1 saturated heterocycles. The van der Waals surface area contributed by atoms with E-state index in [1.807, 2.05) is 0 Å². The van der Waals surface area contributed by atoms with Crippen molar-refractivity contribution in [2.24, 2.45) is 5.73 Å². The van der Waals surface area contributed by atoms with Crippen molar-refractivity contribution in [2.45, 2.75) is 57.3 Å². The molecule has 1 aliphatic rings. The Morgan fingerprint density at radius 1 is 1.18 bits per heavy atom. The molecule has 3 atom stereocenters. The van der Waals surface area contributed by atoms with Crippen molar-refractivity contribution in [2.75, 3.05) is 27.3 Å². The maximum atomic E-state index is 13.4. The van der Waals surface area contributed by atoms with Crippen molar-refractivity contribution in [3.8, 4) is 5.75 Å². The normalized spacial score (nSPS) is 18.3. The van der Waals surface area contributed by atoms with Crippen LogP contribution in [-0.4, -0.2) is 79.6 Å². The van der Waals surface area contributed by atoms with E-state index in [0.29, 0.717) is 5.75 Å². The smallest absolute Gasteiger partial charge is 0.337 e. The van der Waals surface area contributed by atoms with Gasteiger partial charge in [0.05, 0.1) is 32.7 Å². The van der Waals surface area contributed by atoms with Crippen LogP contribution in [0, 0.1) is 0 Å². The van der Waals surface area contributed by atoms with E-state index in [0.717, 1.165) is 10.5 Å². The maximum absolute atomic E-state index is 13.4. The zero-order valence-electron chi connectivity index (χ0n) is 19.8. The summed E-state index contributed by atoms with van der Waals surface area (Å²) in [6.45, 7) is 5.38. The zero-order valence-corrected chi connectivity index (χ0v) is 19.8. The molecule has 0 bridgehead atoms. The second-order valence-corrected chi connectivity index (χ2v) is 8.82. The number of ether oxygens (including phenoxy) is 3. The number of Topliss-reactive ketones (excluding diaryl/α,β-unsaturated/α-hetero) is 1. The van der Waals surface area contributed by atoms with Gasteiger partial charge in [-0.05, 0) is 44.9 Å². The van der Waals surface area contributed by atoms with E-state index in [1.165, 1.54) is 7.11 Å². The van der Waals surface area contributed by atoms with Crippen LogP contribution >= 0.6 is 0 Å². The van der Waals surface area contributed by atoms with E-state index in [9.17, 15) is 19.2 Å². The second-order valence-electron chi connectivity index (χ2n) is 8.82. The Morgan fingerprint density at radius 2 is 1.82 bits per heavy atom. The van der Waals surface area contributed by atoms with Crippen LogP contribution in [0.2, 0.25) is 0 Å². The fraction of sp³-hybridized carbons (Fsp3) is 0.565. The highest BCUT2D eigenvalue weighted by molar-refractivity contribution is 6.08. The van der Waals surface area contributed by atoms with Gasteiger partial charge in [-0.2, -0.15) is 0 Å². The number of nitrogens with one attached hydrogen (secondary N) is 1. The summed E-state index contributed by atoms with van der Waals surface area (Å²) in [4.78, 5) is 52.3. The molecule has 1 aromatic rings. The predicted octanol–water partition coefficient (Wildman–Crippen LogP) is 0.208. The number of rotatable bonds is 9. The van der Waals surface area contributed by atoms with E-state index < -0.39 is 47.4 Å². The number of esters is 2. The van der Waals surface area contributed by atoms with Crippen LogP contribution in [0.15, 0.2) is 24.3 Å². The summed E-state index contributed by atoms with van der Waals surface area (Å²) < 4.78 is 15.2. The molecule has 10 heteroatoms. The highest BCUT2D eigenvalue weighted by Gasteiger charge is 2.44. The fourth-order valence-corrected chi connectivity index (χ4v) is 3.50. The van der Waals surface area contributed by atoms with Crippen molar-refractivity contribution in [3.63, 3.8) is 0 Å². The summed E-state index contributed by atoms with van der Waals surface area (Å²) in [6, 6.07) is 3.55. The fourth-order valence-electron chi connectivity index (χ4n) is 3.50. The van der Waals surface area contributed by atoms with E-state index >= 15 is 0 Å². The minimum atomic E-state index is -1.52. The number of carbonyl (C=O) groups excluding carboxylic acids is 4. The lowest BCUT2D eigenvalue weighted by molar-refractivity contribution is -0.169. The Hall–Kier alpha value is -2.98. The lowest BCUT2D eigenvalue weighted by Crippen LogP contribution is -2.64. The molecule has 0 aliphatic carbocycles. The van der Waals surface area contributed by atoms with Gasteiger partial charge in [0.2, 0.25) is 5.91 Å². The standard InChI is InChI=1S/C23H33N3O7/c1-23(2,3)33-22(30)19(26-11-10-25-17(21(26)29)13-18(27)32-5)20(28)16(24)12-14-6-8-15(31-4)9-7-14/h6-9,16-17,19,25H,10-13,24H2,1-5H3/t16-,17?,19?/m0/s1. The molecule has 2 rings (SSSR count). The Labute approximate surface area is 193 Å². The monoisotopic (exact) mass is 463 g/mol. The van der Waals surface area contributed by atoms with Gasteiger partial charge >= 0.3 is 11.9 Å². The highest BCUT2D eigenvalue weighted by Crippen LogP contribution is 2.19. The molecule has 0 aromatic heterocycles. The van der Waals surface area contributed by atoms with Gasteiger partial charge in [0.15, 0.2) is 11.8 Å². The van der Waals surface area contributed by atoms with Gasteiger partial charge < -0.3 is 30.2 Å². The topological polar surface area (TPSA) is 137 Å². The first kappa shape index (κ1) is 26.3. The van der Waals surface area contributed by atoms with Crippen molar-refractivity contribution in [3.05, 3.63) is 29.8 Å². The molecule has 2 unspecified atom stereocenters. The van der Waals surface area contributed by atoms with Crippen molar-refractivity contribution < 1.29 is 33.4 Å². The van der Waals surface area contributed by atoms with E-state index in [2.05, 4.69) is 10.1 Å². The lowest BCUT2D eigenvalue weighted by atomic mass is 9.96. The molecule has 1 fully saturated rings. The molecule has 33 heavy (non-hydrogen) atoms. The number of amides is 1. The van der Waals surface area contributed by atoms with Crippen LogP contribution in [0.1, 0.15) is 32.8 Å². The van der Waals surface area contributed by atoms with Gasteiger partial charge in [-0.15, -0.1) is 0 Å². The van der Waals surface area contributed by atoms with Crippen LogP contribution in [0.3, 0.4) is 0 Å². The first-order chi connectivity index (χ1) is 15.5. The Kier molecular flexibility index (Phi) is 8.95. The van der Waals surface area contributed by atoms with Crippen LogP contribution in [-0.2, 0) is 35.1 Å². The Balaban J connectivity index is 2.28. The molecule has 182 valence electrons. The van der Waals surface area contributed by atoms with Crippen molar-refractivity contribution >= 4 is 23.6 Å². The first-order valence-corrected chi connectivity index (χ1v) is 10.7. The van der Waals surface area contributed by atoms with Crippen LogP contribution in [0.25, 0.3) is 0 Å². The zero-order chi connectivity index (χ0) is 24.8. The average molecular weight is 464 g/mol. The first-order valence-electron chi connectivity index (χ1n) is 10.7. The molecular formula is C23H33N3O7. The molecule has 3 N–H and O–H groups in total. The molecule has 10 nitrogen and oxygen atoms in total. The summed E-state index contributed by atoms with van der Waals surface area (Å²) in [5.74, 6) is -1.98. The number of hydrogen-bond donors (Lipinski definition) is 2. The minimum Gasteiger partial charge on any atom is -0.497 e. The summed E-state index contributed by atoms with van der Waals surface area (Å²) >= 11 is 0. The van der Waals surface area contributed by atoms with Gasteiger partial charge in [-0.25, -0.2) is 4.79 Å². The number of piperazine rings is 1. The third-order valence-corrected chi connectivity index (χ3v) is 5.11. The van der Waals surface area contributed by atoms with Gasteiger partial charge in [0.1, 0.15) is 11.4 Å². The summed E-state index contributed by atoms with van der Waals surface area (Å²) in [7, 11) is 2.77. The molecule has 0 saturated carbocycles. The second kappa shape index (κ2) is 11.2. The molecule has 0 radical (unpaired) electrons. The molecule has 1 aromatic carbocycles. The number of methoxy groups -OCH3 is 2. The van der Waals surface area contributed by atoms with E-state index in [-0.39, 0.29) is 25.9 Å². The predicted molar refractivity (Wildman–Crippen MR) is 119 cm³/mol. The quantitative estimate of drug-likeness (QED) is 0.389. The number of benzene rings is 1. The summed E-state index contributed by atoms with van der Waals surface area (Å²) in [5.41, 5.74) is 6.09. The molecule has 1 heterocycles. The summed E-state index contributed by atoms with van der Waals surface area (Å²) in [6.07, 6.45) is -0.0625. The van der Waals surface area contributed by atoms with Crippen molar-refractivity contribution in [1.82, 2.24) is 10.2 Å².